The number of benzene rings is 2. The maximum atomic E-state index is 13.2. The molecule has 2 rings (SSSR count). The summed E-state index contributed by atoms with van der Waals surface area (Å²) in [4.78, 5) is 10.4. The quantitative estimate of drug-likeness (QED) is 0.664. The van der Waals surface area contributed by atoms with Crippen LogP contribution in [-0.4, -0.2) is 4.92 Å². The van der Waals surface area contributed by atoms with E-state index in [9.17, 15) is 14.5 Å². The molecule has 1 N–H and O–H groups in total. The Balaban J connectivity index is 2.13. The average Bonchev–Trinajstić information content (AvgIpc) is 2.45. The van der Waals surface area contributed by atoms with Gasteiger partial charge in [0.15, 0.2) is 0 Å². The third kappa shape index (κ3) is 3.32. The zero-order valence-electron chi connectivity index (χ0n) is 11.1. The van der Waals surface area contributed by atoms with Crippen LogP contribution in [0.5, 0.6) is 0 Å². The van der Waals surface area contributed by atoms with Gasteiger partial charge in [0.05, 0.1) is 10.5 Å². The highest BCUT2D eigenvalue weighted by Crippen LogP contribution is 2.21. The molecular formula is C15H15FN2O2. The molecular weight excluding hydrogens is 259 g/mol. The fourth-order valence-electron chi connectivity index (χ4n) is 1.93. The predicted molar refractivity (Wildman–Crippen MR) is 76.2 cm³/mol. The second-order valence-electron chi connectivity index (χ2n) is 4.43. The lowest BCUT2D eigenvalue weighted by atomic mass is 10.1. The molecule has 5 heteroatoms. The molecule has 2 aromatic carbocycles. The average molecular weight is 274 g/mol. The van der Waals surface area contributed by atoms with Crippen LogP contribution < -0.4 is 5.32 Å². The van der Waals surface area contributed by atoms with Gasteiger partial charge in [-0.2, -0.15) is 0 Å². The molecule has 2 aromatic rings. The van der Waals surface area contributed by atoms with E-state index in [4.69, 9.17) is 0 Å². The van der Waals surface area contributed by atoms with Gasteiger partial charge in [0.1, 0.15) is 5.82 Å². The lowest BCUT2D eigenvalue weighted by Gasteiger charge is -2.08. The summed E-state index contributed by atoms with van der Waals surface area (Å²) in [6.07, 6.45) is 0.954. The molecule has 0 spiro atoms. The van der Waals surface area contributed by atoms with E-state index in [0.717, 1.165) is 18.2 Å². The highest BCUT2D eigenvalue weighted by molar-refractivity contribution is 5.48. The second kappa shape index (κ2) is 6.14. The Hall–Kier alpha value is -2.43. The van der Waals surface area contributed by atoms with Gasteiger partial charge < -0.3 is 5.32 Å². The van der Waals surface area contributed by atoms with Crippen molar-refractivity contribution in [1.29, 1.82) is 0 Å². The summed E-state index contributed by atoms with van der Waals surface area (Å²) in [6, 6.07) is 11.3. The number of aryl methyl sites for hydroxylation is 1. The van der Waals surface area contributed by atoms with Gasteiger partial charge in [0, 0.05) is 18.3 Å². The first-order valence-electron chi connectivity index (χ1n) is 6.35. The van der Waals surface area contributed by atoms with Crippen molar-refractivity contribution in [3.63, 3.8) is 0 Å². The minimum absolute atomic E-state index is 0.0796. The third-order valence-corrected chi connectivity index (χ3v) is 3.08. The molecule has 0 saturated carbocycles. The molecule has 0 aliphatic heterocycles. The van der Waals surface area contributed by atoms with Crippen LogP contribution in [-0.2, 0) is 13.0 Å². The summed E-state index contributed by atoms with van der Waals surface area (Å²) >= 11 is 0. The highest BCUT2D eigenvalue weighted by Gasteiger charge is 2.13. The summed E-state index contributed by atoms with van der Waals surface area (Å²) in [5.74, 6) is -0.478. The normalized spacial score (nSPS) is 10.3. The van der Waals surface area contributed by atoms with E-state index in [2.05, 4.69) is 12.2 Å². The van der Waals surface area contributed by atoms with Gasteiger partial charge in [-0.25, -0.2) is 4.39 Å². The number of nitro benzene ring substituents is 1. The Labute approximate surface area is 116 Å². The van der Waals surface area contributed by atoms with Crippen LogP contribution in [0.1, 0.15) is 18.1 Å². The lowest BCUT2D eigenvalue weighted by molar-refractivity contribution is -0.385. The van der Waals surface area contributed by atoms with Crippen LogP contribution in [0, 0.1) is 15.9 Å². The number of hydrogen-bond donors (Lipinski definition) is 1. The van der Waals surface area contributed by atoms with Gasteiger partial charge in [-0.15, -0.1) is 0 Å². The SMILES string of the molecule is CCc1ccc(NCc2cc(F)ccc2[N+](=O)[O-])cc1. The molecule has 0 amide bonds. The van der Waals surface area contributed by atoms with E-state index in [0.29, 0.717) is 5.56 Å². The van der Waals surface area contributed by atoms with Gasteiger partial charge in [-0.1, -0.05) is 19.1 Å². The van der Waals surface area contributed by atoms with Gasteiger partial charge in [0.2, 0.25) is 0 Å². The van der Waals surface area contributed by atoms with E-state index >= 15 is 0 Å². The number of hydrogen-bond acceptors (Lipinski definition) is 3. The van der Waals surface area contributed by atoms with Crippen molar-refractivity contribution < 1.29 is 9.31 Å². The molecule has 0 aliphatic rings. The van der Waals surface area contributed by atoms with Gasteiger partial charge in [0.25, 0.3) is 5.69 Å². The topological polar surface area (TPSA) is 55.2 Å². The molecule has 0 atom stereocenters. The minimum Gasteiger partial charge on any atom is -0.381 e. The van der Waals surface area contributed by atoms with Crippen LogP contribution in [0.2, 0.25) is 0 Å². The van der Waals surface area contributed by atoms with Crippen LogP contribution >= 0.6 is 0 Å². The first kappa shape index (κ1) is 14.0. The smallest absolute Gasteiger partial charge is 0.274 e. The fraction of sp³-hybridized carbons (Fsp3) is 0.200. The first-order valence-corrected chi connectivity index (χ1v) is 6.35. The van der Waals surface area contributed by atoms with Crippen LogP contribution in [0.15, 0.2) is 42.5 Å². The van der Waals surface area contributed by atoms with Crippen molar-refractivity contribution in [2.24, 2.45) is 0 Å². The van der Waals surface area contributed by atoms with Gasteiger partial charge in [-0.3, -0.25) is 10.1 Å². The number of nitrogens with zero attached hydrogens (tertiary/aromatic N) is 1. The van der Waals surface area contributed by atoms with E-state index < -0.39 is 10.7 Å². The third-order valence-electron chi connectivity index (χ3n) is 3.08. The molecule has 0 aromatic heterocycles. The van der Waals surface area contributed by atoms with Crippen molar-refractivity contribution in [1.82, 2.24) is 0 Å². The monoisotopic (exact) mass is 274 g/mol. The maximum absolute atomic E-state index is 13.2. The fourth-order valence-corrected chi connectivity index (χ4v) is 1.93. The molecule has 4 nitrogen and oxygen atoms in total. The predicted octanol–water partition coefficient (Wildman–Crippen LogP) is 3.91. The largest absolute Gasteiger partial charge is 0.381 e. The molecule has 20 heavy (non-hydrogen) atoms. The Morgan fingerprint density at radius 1 is 1.20 bits per heavy atom. The molecule has 0 aliphatic carbocycles. The Morgan fingerprint density at radius 2 is 1.90 bits per heavy atom. The van der Waals surface area contributed by atoms with Crippen molar-refractivity contribution in [2.75, 3.05) is 5.32 Å². The Kier molecular flexibility index (Phi) is 4.30. The van der Waals surface area contributed by atoms with Crippen molar-refractivity contribution in [3.05, 3.63) is 69.5 Å². The summed E-state index contributed by atoms with van der Waals surface area (Å²) < 4.78 is 13.2. The molecule has 0 fully saturated rings. The number of nitro groups is 1. The first-order chi connectivity index (χ1) is 9.60. The number of nitrogens with one attached hydrogen (secondary N) is 1. The number of rotatable bonds is 5. The molecule has 0 saturated heterocycles. The minimum atomic E-state index is -0.503. The summed E-state index contributed by atoms with van der Waals surface area (Å²) in [5, 5.41) is 13.9. The zero-order valence-corrected chi connectivity index (χ0v) is 11.1. The number of halogens is 1. The maximum Gasteiger partial charge on any atom is 0.274 e. The van der Waals surface area contributed by atoms with Crippen LogP contribution in [0.3, 0.4) is 0 Å². The Morgan fingerprint density at radius 3 is 2.50 bits per heavy atom. The van der Waals surface area contributed by atoms with Crippen molar-refractivity contribution >= 4 is 11.4 Å². The second-order valence-corrected chi connectivity index (χ2v) is 4.43. The van der Waals surface area contributed by atoms with E-state index in [1.165, 1.54) is 17.7 Å². The summed E-state index contributed by atoms with van der Waals surface area (Å²) in [7, 11) is 0. The molecule has 0 heterocycles. The van der Waals surface area contributed by atoms with E-state index in [1.807, 2.05) is 24.3 Å². The number of anilines is 1. The van der Waals surface area contributed by atoms with Crippen LogP contribution in [0.4, 0.5) is 15.8 Å². The van der Waals surface area contributed by atoms with Gasteiger partial charge >= 0.3 is 0 Å². The summed E-state index contributed by atoms with van der Waals surface area (Å²) in [5.41, 5.74) is 2.31. The lowest BCUT2D eigenvalue weighted by Crippen LogP contribution is -2.03. The molecule has 0 bridgehead atoms. The highest BCUT2D eigenvalue weighted by atomic mass is 19.1. The standard InChI is InChI=1S/C15H15FN2O2/c1-2-11-3-6-14(7-4-11)17-10-12-9-13(16)5-8-15(12)18(19)20/h3-9,17H,2,10H2,1H3. The van der Waals surface area contributed by atoms with Gasteiger partial charge in [-0.05, 0) is 36.2 Å². The van der Waals surface area contributed by atoms with E-state index in [-0.39, 0.29) is 12.2 Å². The van der Waals surface area contributed by atoms with E-state index in [1.54, 1.807) is 0 Å². The molecule has 0 radical (unpaired) electrons. The zero-order chi connectivity index (χ0) is 14.5. The summed E-state index contributed by atoms with van der Waals surface area (Å²) in [6.45, 7) is 2.28. The van der Waals surface area contributed by atoms with Crippen molar-refractivity contribution in [3.8, 4) is 0 Å². The van der Waals surface area contributed by atoms with Crippen molar-refractivity contribution in [2.45, 2.75) is 19.9 Å². The van der Waals surface area contributed by atoms with Crippen LogP contribution in [0.25, 0.3) is 0 Å². The Bertz CT molecular complexity index is 612. The molecule has 104 valence electrons. The molecule has 0 unspecified atom stereocenters.